The first-order chi connectivity index (χ1) is 5.79. The van der Waals surface area contributed by atoms with E-state index in [-0.39, 0.29) is 5.91 Å². The Morgan fingerprint density at radius 3 is 3.08 bits per heavy atom. The molecule has 4 heteroatoms. The summed E-state index contributed by atoms with van der Waals surface area (Å²) in [7, 11) is 0. The summed E-state index contributed by atoms with van der Waals surface area (Å²) in [5.74, 6) is -0.171. The molecule has 1 rings (SSSR count). The monoisotopic (exact) mass is 180 g/mol. The molecule has 0 aliphatic carbocycles. The van der Waals surface area contributed by atoms with Gasteiger partial charge in [-0.05, 0) is 6.92 Å². The van der Waals surface area contributed by atoms with E-state index in [2.05, 4.69) is 5.32 Å². The summed E-state index contributed by atoms with van der Waals surface area (Å²) in [5, 5.41) is 14.6. The zero-order chi connectivity index (χ0) is 8.97. The molecule has 0 saturated heterocycles. The first kappa shape index (κ1) is 8.75. The van der Waals surface area contributed by atoms with Crippen LogP contribution in [0.3, 0.4) is 0 Å². The van der Waals surface area contributed by atoms with Crippen LogP contribution in [-0.4, -0.2) is 12.5 Å². The number of thiophene rings is 1. The average Bonchev–Trinajstić information content (AvgIpc) is 2.51. The van der Waals surface area contributed by atoms with Crippen molar-refractivity contribution in [1.29, 1.82) is 5.26 Å². The van der Waals surface area contributed by atoms with E-state index in [4.69, 9.17) is 5.26 Å². The lowest BCUT2D eigenvalue weighted by Gasteiger charge is -1.98. The molecule has 62 valence electrons. The standard InChI is InChI=1S/C8H8N2OS/c1-2-10-8(11)7-5-12-4-6(7)3-9/h4-5H,2H2,1H3,(H,10,11). The van der Waals surface area contributed by atoms with Crippen molar-refractivity contribution >= 4 is 17.2 Å². The Balaban J connectivity index is 2.88. The summed E-state index contributed by atoms with van der Waals surface area (Å²) < 4.78 is 0. The summed E-state index contributed by atoms with van der Waals surface area (Å²) in [6.45, 7) is 2.43. The molecule has 0 spiro atoms. The van der Waals surface area contributed by atoms with Crippen LogP contribution in [0.15, 0.2) is 10.8 Å². The van der Waals surface area contributed by atoms with Crippen molar-refractivity contribution in [2.24, 2.45) is 0 Å². The molecule has 0 aliphatic rings. The van der Waals surface area contributed by atoms with Crippen LogP contribution < -0.4 is 5.32 Å². The predicted molar refractivity (Wildman–Crippen MR) is 47.0 cm³/mol. The minimum atomic E-state index is -0.171. The minimum absolute atomic E-state index is 0.171. The van der Waals surface area contributed by atoms with Crippen molar-refractivity contribution in [1.82, 2.24) is 5.32 Å². The van der Waals surface area contributed by atoms with Gasteiger partial charge in [0.05, 0.1) is 11.1 Å². The normalized spacial score (nSPS) is 9.00. The molecule has 1 amide bonds. The van der Waals surface area contributed by atoms with Crippen LogP contribution in [0.5, 0.6) is 0 Å². The lowest BCUT2D eigenvalue weighted by molar-refractivity contribution is 0.0956. The van der Waals surface area contributed by atoms with Gasteiger partial charge in [0.2, 0.25) is 0 Å². The Kier molecular flexibility index (Phi) is 2.83. The van der Waals surface area contributed by atoms with Gasteiger partial charge in [0.25, 0.3) is 5.91 Å². The highest BCUT2D eigenvalue weighted by molar-refractivity contribution is 7.08. The summed E-state index contributed by atoms with van der Waals surface area (Å²) in [4.78, 5) is 11.2. The summed E-state index contributed by atoms with van der Waals surface area (Å²) in [5.41, 5.74) is 0.926. The number of nitrogens with zero attached hydrogens (tertiary/aromatic N) is 1. The molecule has 0 atom stereocenters. The number of hydrogen-bond acceptors (Lipinski definition) is 3. The van der Waals surface area contributed by atoms with Gasteiger partial charge in [-0.15, -0.1) is 0 Å². The van der Waals surface area contributed by atoms with Gasteiger partial charge < -0.3 is 5.32 Å². The van der Waals surface area contributed by atoms with Crippen molar-refractivity contribution in [3.05, 3.63) is 21.9 Å². The largest absolute Gasteiger partial charge is 0.352 e. The van der Waals surface area contributed by atoms with Crippen molar-refractivity contribution in [2.45, 2.75) is 6.92 Å². The second-order valence-corrected chi connectivity index (χ2v) is 2.91. The second-order valence-electron chi connectivity index (χ2n) is 2.17. The van der Waals surface area contributed by atoms with Crippen LogP contribution in [0.4, 0.5) is 0 Å². The fourth-order valence-electron chi connectivity index (χ4n) is 0.815. The molecule has 1 aromatic rings. The van der Waals surface area contributed by atoms with E-state index < -0.39 is 0 Å². The fourth-order valence-corrected chi connectivity index (χ4v) is 1.57. The molecule has 0 aliphatic heterocycles. The Hall–Kier alpha value is -1.34. The van der Waals surface area contributed by atoms with E-state index in [1.54, 1.807) is 10.8 Å². The molecular formula is C8H8N2OS. The third kappa shape index (κ3) is 1.63. The highest BCUT2D eigenvalue weighted by Gasteiger charge is 2.10. The number of nitrogens with one attached hydrogen (secondary N) is 1. The topological polar surface area (TPSA) is 52.9 Å². The maximum atomic E-state index is 11.2. The third-order valence-corrected chi connectivity index (χ3v) is 2.11. The van der Waals surface area contributed by atoms with Crippen LogP contribution in [0.1, 0.15) is 22.8 Å². The molecule has 0 unspecified atom stereocenters. The van der Waals surface area contributed by atoms with Crippen molar-refractivity contribution in [3.8, 4) is 6.07 Å². The quantitative estimate of drug-likeness (QED) is 0.747. The van der Waals surface area contributed by atoms with Crippen molar-refractivity contribution in [3.63, 3.8) is 0 Å². The van der Waals surface area contributed by atoms with E-state index in [9.17, 15) is 4.79 Å². The van der Waals surface area contributed by atoms with Gasteiger partial charge in [0, 0.05) is 17.3 Å². The lowest BCUT2D eigenvalue weighted by Crippen LogP contribution is -2.22. The van der Waals surface area contributed by atoms with E-state index in [0.717, 1.165) is 0 Å². The Bertz CT molecular complexity index is 324. The third-order valence-electron chi connectivity index (χ3n) is 1.36. The van der Waals surface area contributed by atoms with Gasteiger partial charge in [0.1, 0.15) is 6.07 Å². The Morgan fingerprint density at radius 2 is 2.50 bits per heavy atom. The maximum absolute atomic E-state index is 11.2. The van der Waals surface area contributed by atoms with Gasteiger partial charge >= 0.3 is 0 Å². The molecule has 0 aromatic carbocycles. The van der Waals surface area contributed by atoms with E-state index in [1.807, 2.05) is 13.0 Å². The first-order valence-electron chi connectivity index (χ1n) is 3.54. The molecule has 12 heavy (non-hydrogen) atoms. The maximum Gasteiger partial charge on any atom is 0.253 e. The molecule has 3 nitrogen and oxygen atoms in total. The van der Waals surface area contributed by atoms with Crippen molar-refractivity contribution < 1.29 is 4.79 Å². The van der Waals surface area contributed by atoms with Crippen LogP contribution in [0.2, 0.25) is 0 Å². The lowest BCUT2D eigenvalue weighted by atomic mass is 10.2. The smallest absolute Gasteiger partial charge is 0.253 e. The van der Waals surface area contributed by atoms with Gasteiger partial charge in [-0.3, -0.25) is 4.79 Å². The van der Waals surface area contributed by atoms with Crippen molar-refractivity contribution in [2.75, 3.05) is 6.54 Å². The number of hydrogen-bond donors (Lipinski definition) is 1. The molecule has 1 aromatic heterocycles. The van der Waals surface area contributed by atoms with E-state index in [1.165, 1.54) is 11.3 Å². The number of amides is 1. The number of carbonyl (C=O) groups is 1. The minimum Gasteiger partial charge on any atom is -0.352 e. The number of carbonyl (C=O) groups excluding carboxylic acids is 1. The summed E-state index contributed by atoms with van der Waals surface area (Å²) in [6, 6.07) is 1.96. The van der Waals surface area contributed by atoms with Crippen LogP contribution >= 0.6 is 11.3 Å². The Labute approximate surface area is 74.6 Å². The van der Waals surface area contributed by atoms with Gasteiger partial charge in [-0.1, -0.05) is 0 Å². The van der Waals surface area contributed by atoms with E-state index in [0.29, 0.717) is 17.7 Å². The molecule has 0 fully saturated rings. The fraction of sp³-hybridized carbons (Fsp3) is 0.250. The van der Waals surface area contributed by atoms with E-state index >= 15 is 0 Å². The SMILES string of the molecule is CCNC(=O)c1cscc1C#N. The van der Waals surface area contributed by atoms with Crippen LogP contribution in [-0.2, 0) is 0 Å². The zero-order valence-corrected chi connectivity index (χ0v) is 7.44. The molecule has 1 N–H and O–H groups in total. The van der Waals surface area contributed by atoms with Crippen LogP contribution in [0, 0.1) is 11.3 Å². The van der Waals surface area contributed by atoms with Crippen LogP contribution in [0.25, 0.3) is 0 Å². The molecule has 0 radical (unpaired) electrons. The first-order valence-corrected chi connectivity index (χ1v) is 4.48. The highest BCUT2D eigenvalue weighted by atomic mass is 32.1. The summed E-state index contributed by atoms with van der Waals surface area (Å²) in [6.07, 6.45) is 0. The molecular weight excluding hydrogens is 172 g/mol. The van der Waals surface area contributed by atoms with Gasteiger partial charge in [0.15, 0.2) is 0 Å². The molecule has 0 bridgehead atoms. The Morgan fingerprint density at radius 1 is 1.75 bits per heavy atom. The molecule has 1 heterocycles. The highest BCUT2D eigenvalue weighted by Crippen LogP contribution is 2.13. The van der Waals surface area contributed by atoms with Gasteiger partial charge in [-0.25, -0.2) is 0 Å². The summed E-state index contributed by atoms with van der Waals surface area (Å²) >= 11 is 1.36. The number of nitriles is 1. The molecule has 0 saturated carbocycles. The predicted octanol–water partition coefficient (Wildman–Crippen LogP) is 1.37. The second kappa shape index (κ2) is 3.88. The average molecular weight is 180 g/mol. The van der Waals surface area contributed by atoms with Gasteiger partial charge in [-0.2, -0.15) is 16.6 Å². The number of rotatable bonds is 2. The zero-order valence-electron chi connectivity index (χ0n) is 6.63.